The smallest absolute Gasteiger partial charge is 0.142 e. The highest BCUT2D eigenvalue weighted by Gasteiger charge is 2.29. The summed E-state index contributed by atoms with van der Waals surface area (Å²) < 4.78 is 11.6. The van der Waals surface area contributed by atoms with E-state index in [4.69, 9.17) is 4.42 Å². The Hall–Kier alpha value is -5.28. The first kappa shape index (κ1) is 26.0. The molecular formula is C43H34N2O. The molecule has 0 fully saturated rings. The van der Waals surface area contributed by atoms with Crippen LogP contribution in [0.1, 0.15) is 53.9 Å². The number of allylic oxidation sites excluding steroid dienone is 6. The molecule has 10 rings (SSSR count). The van der Waals surface area contributed by atoms with Gasteiger partial charge in [-0.3, -0.25) is 0 Å². The fraction of sp³-hybridized carbons (Fsp3) is 0.163. The zero-order chi connectivity index (χ0) is 30.4. The highest BCUT2D eigenvalue weighted by Crippen LogP contribution is 2.44. The Balaban J connectivity index is 1.09. The summed E-state index contributed by atoms with van der Waals surface area (Å²) in [5.74, 6) is 0.350. The Morgan fingerprint density at radius 3 is 2.30 bits per heavy atom. The minimum atomic E-state index is 0.289. The molecule has 3 aliphatic rings. The standard InChI is InChI=1S/C43H34N2O/c1-27-25-29(22-24-37(27)45-39-18-7-2-11-31(39)32-12-3-8-19-40(32)45)44-38-17-6-4-13-33(38)36-26-28(21-23-41(36)44)30-15-10-16-35-34-14-5-9-20-42(34)46-43(30)35/h2-7,9-18,20,22,24-27,37H,8,19,21,23H2,1H3/t27-,37?/m0/s1. The van der Waals surface area contributed by atoms with Gasteiger partial charge in [0, 0.05) is 66.8 Å². The number of hydrogen-bond acceptors (Lipinski definition) is 1. The summed E-state index contributed by atoms with van der Waals surface area (Å²) in [6.07, 6.45) is 18.6. The van der Waals surface area contributed by atoms with Crippen molar-refractivity contribution in [2.75, 3.05) is 0 Å². The molecule has 3 heteroatoms. The number of nitrogens with zero attached hydrogens (tertiary/aromatic N) is 2. The molecule has 3 aliphatic carbocycles. The van der Waals surface area contributed by atoms with Gasteiger partial charge in [0.2, 0.25) is 0 Å². The van der Waals surface area contributed by atoms with E-state index in [-0.39, 0.29) is 6.04 Å². The van der Waals surface area contributed by atoms with Crippen molar-refractivity contribution in [1.29, 1.82) is 0 Å². The van der Waals surface area contributed by atoms with E-state index in [1.165, 1.54) is 71.9 Å². The van der Waals surface area contributed by atoms with Crippen LogP contribution in [-0.4, -0.2) is 9.13 Å². The third kappa shape index (κ3) is 3.66. The average Bonchev–Trinajstić information content (AvgIpc) is 3.76. The van der Waals surface area contributed by atoms with Gasteiger partial charge in [-0.25, -0.2) is 0 Å². The number of hydrogen-bond donors (Lipinski definition) is 0. The van der Waals surface area contributed by atoms with Gasteiger partial charge in [-0.15, -0.1) is 0 Å². The minimum absolute atomic E-state index is 0.289. The minimum Gasteiger partial charge on any atom is -0.455 e. The summed E-state index contributed by atoms with van der Waals surface area (Å²) in [5, 5.41) is 5.06. The molecule has 3 aromatic heterocycles. The van der Waals surface area contributed by atoms with Crippen LogP contribution in [0.2, 0.25) is 0 Å². The van der Waals surface area contributed by atoms with E-state index in [9.17, 15) is 0 Å². The molecule has 0 saturated carbocycles. The van der Waals surface area contributed by atoms with Crippen molar-refractivity contribution in [3.63, 3.8) is 0 Å². The Morgan fingerprint density at radius 1 is 0.674 bits per heavy atom. The lowest BCUT2D eigenvalue weighted by Gasteiger charge is -2.29. The van der Waals surface area contributed by atoms with E-state index >= 15 is 0 Å². The fourth-order valence-corrected chi connectivity index (χ4v) is 8.54. The molecule has 0 spiro atoms. The van der Waals surface area contributed by atoms with Crippen LogP contribution >= 0.6 is 0 Å². The zero-order valence-corrected chi connectivity index (χ0v) is 25.9. The average molecular weight is 595 g/mol. The molecule has 0 saturated heterocycles. The van der Waals surface area contributed by atoms with Crippen molar-refractivity contribution in [3.05, 3.63) is 143 Å². The molecule has 0 amide bonds. The van der Waals surface area contributed by atoms with Gasteiger partial charge in [-0.2, -0.15) is 0 Å². The lowest BCUT2D eigenvalue weighted by molar-refractivity contribution is 0.484. The lowest BCUT2D eigenvalue weighted by atomic mass is 9.90. The first-order chi connectivity index (χ1) is 22.7. The second kappa shape index (κ2) is 9.86. The third-order valence-corrected chi connectivity index (χ3v) is 10.6. The van der Waals surface area contributed by atoms with Crippen LogP contribution in [0.15, 0.2) is 120 Å². The summed E-state index contributed by atoms with van der Waals surface area (Å²) in [7, 11) is 0. The first-order valence-electron chi connectivity index (χ1n) is 16.7. The van der Waals surface area contributed by atoms with Crippen molar-refractivity contribution < 1.29 is 4.42 Å². The van der Waals surface area contributed by atoms with Gasteiger partial charge in [0.15, 0.2) is 0 Å². The number of rotatable bonds is 3. The fourth-order valence-electron chi connectivity index (χ4n) is 8.54. The molecule has 0 N–H and O–H groups in total. The molecule has 46 heavy (non-hydrogen) atoms. The van der Waals surface area contributed by atoms with Crippen LogP contribution in [0.25, 0.3) is 67.2 Å². The van der Waals surface area contributed by atoms with Crippen molar-refractivity contribution in [3.8, 4) is 0 Å². The Kier molecular flexibility index (Phi) is 5.57. The molecular weight excluding hydrogens is 560 g/mol. The van der Waals surface area contributed by atoms with Gasteiger partial charge in [-0.1, -0.05) is 104 Å². The number of furan rings is 1. The van der Waals surface area contributed by atoms with E-state index in [0.717, 1.165) is 36.8 Å². The van der Waals surface area contributed by atoms with Crippen LogP contribution in [0.3, 0.4) is 0 Å². The molecule has 4 aromatic carbocycles. The molecule has 0 radical (unpaired) electrons. The largest absolute Gasteiger partial charge is 0.455 e. The monoisotopic (exact) mass is 594 g/mol. The van der Waals surface area contributed by atoms with E-state index in [1.54, 1.807) is 0 Å². The van der Waals surface area contributed by atoms with Gasteiger partial charge in [0.25, 0.3) is 0 Å². The highest BCUT2D eigenvalue weighted by molar-refractivity contribution is 6.10. The van der Waals surface area contributed by atoms with Crippen LogP contribution in [0.4, 0.5) is 0 Å². The summed E-state index contributed by atoms with van der Waals surface area (Å²) >= 11 is 0. The summed E-state index contributed by atoms with van der Waals surface area (Å²) in [5.41, 5.74) is 14.0. The molecule has 222 valence electrons. The molecule has 3 heterocycles. The molecule has 0 bridgehead atoms. The van der Waals surface area contributed by atoms with Crippen LogP contribution < -0.4 is 0 Å². The quantitative estimate of drug-likeness (QED) is 0.200. The second-order valence-electron chi connectivity index (χ2n) is 13.2. The van der Waals surface area contributed by atoms with Crippen LogP contribution in [0.5, 0.6) is 0 Å². The predicted octanol–water partition coefficient (Wildman–Crippen LogP) is 11.2. The van der Waals surface area contributed by atoms with E-state index in [2.05, 4.69) is 144 Å². The second-order valence-corrected chi connectivity index (χ2v) is 13.2. The number of benzene rings is 4. The molecule has 1 unspecified atom stereocenters. The third-order valence-electron chi connectivity index (χ3n) is 10.6. The highest BCUT2D eigenvalue weighted by atomic mass is 16.3. The Morgan fingerprint density at radius 2 is 1.43 bits per heavy atom. The van der Waals surface area contributed by atoms with E-state index < -0.39 is 0 Å². The Labute approximate surface area is 268 Å². The number of aromatic nitrogens is 2. The summed E-state index contributed by atoms with van der Waals surface area (Å²) in [6.45, 7) is 2.39. The van der Waals surface area contributed by atoms with Gasteiger partial charge >= 0.3 is 0 Å². The first-order valence-corrected chi connectivity index (χ1v) is 16.7. The normalized spacial score (nSPS) is 19.2. The maximum absolute atomic E-state index is 6.46. The summed E-state index contributed by atoms with van der Waals surface area (Å²) in [6, 6.07) is 33.1. The van der Waals surface area contributed by atoms with E-state index in [1.807, 2.05) is 0 Å². The molecule has 0 aliphatic heterocycles. The van der Waals surface area contributed by atoms with Gasteiger partial charge in [-0.05, 0) is 61.6 Å². The zero-order valence-electron chi connectivity index (χ0n) is 25.9. The molecule has 3 nitrogen and oxygen atoms in total. The number of fused-ring (bicyclic) bond motifs is 9. The SMILES string of the molecule is C[C@H]1C=C(n2c3c(c4ccccc42)C=C(c2cccc4c2oc2ccccc24)CC3)C=CC1n1c2c(c3ccccc31)C=CCC2. The van der Waals surface area contributed by atoms with E-state index in [0.29, 0.717) is 5.92 Å². The Bertz CT molecular complexity index is 2500. The number of para-hydroxylation sites is 4. The van der Waals surface area contributed by atoms with Gasteiger partial charge in [0.05, 0.1) is 11.6 Å². The van der Waals surface area contributed by atoms with Crippen LogP contribution in [-0.2, 0) is 12.8 Å². The topological polar surface area (TPSA) is 23.0 Å². The lowest BCUT2D eigenvalue weighted by Crippen LogP contribution is -2.20. The van der Waals surface area contributed by atoms with Crippen molar-refractivity contribution in [2.24, 2.45) is 5.92 Å². The molecule has 2 atom stereocenters. The van der Waals surface area contributed by atoms with Crippen molar-refractivity contribution in [2.45, 2.75) is 38.6 Å². The van der Waals surface area contributed by atoms with Crippen molar-refractivity contribution in [1.82, 2.24) is 9.13 Å². The molecule has 7 aromatic rings. The van der Waals surface area contributed by atoms with Crippen molar-refractivity contribution >= 4 is 67.2 Å². The summed E-state index contributed by atoms with van der Waals surface area (Å²) in [4.78, 5) is 0. The van der Waals surface area contributed by atoms with Crippen LogP contribution in [0, 0.1) is 5.92 Å². The maximum Gasteiger partial charge on any atom is 0.142 e. The maximum atomic E-state index is 6.46. The predicted molar refractivity (Wildman–Crippen MR) is 193 cm³/mol. The van der Waals surface area contributed by atoms with Gasteiger partial charge in [0.1, 0.15) is 11.2 Å². The van der Waals surface area contributed by atoms with Gasteiger partial charge < -0.3 is 13.6 Å².